The lowest BCUT2D eigenvalue weighted by atomic mass is 10.2. The largest absolute Gasteiger partial charge is 0.497 e. The number of esters is 1. The molecule has 1 aromatic rings. The first-order chi connectivity index (χ1) is 11.5. The Morgan fingerprint density at radius 3 is 2.38 bits per heavy atom. The average Bonchev–Trinajstić information content (AvgIpc) is 3.13. The van der Waals surface area contributed by atoms with Crippen molar-refractivity contribution < 1.29 is 23.9 Å². The van der Waals surface area contributed by atoms with Crippen molar-refractivity contribution in [2.45, 2.75) is 25.9 Å². The highest BCUT2D eigenvalue weighted by Crippen LogP contribution is 2.12. The summed E-state index contributed by atoms with van der Waals surface area (Å²) in [5.74, 6) is -0.590. The van der Waals surface area contributed by atoms with Crippen LogP contribution in [0.15, 0.2) is 24.3 Å². The topological polar surface area (TPSA) is 84.9 Å². The maximum atomic E-state index is 12.1. The smallest absolute Gasteiger partial charge is 0.326 e. The fourth-order valence-corrected chi connectivity index (χ4v) is 2.48. The van der Waals surface area contributed by atoms with Crippen LogP contribution in [-0.2, 0) is 14.3 Å². The first-order valence-electron chi connectivity index (χ1n) is 7.92. The van der Waals surface area contributed by atoms with Crippen molar-refractivity contribution in [3.8, 4) is 5.75 Å². The highest BCUT2D eigenvalue weighted by molar-refractivity contribution is 5.96. The van der Waals surface area contributed by atoms with Gasteiger partial charge in [-0.3, -0.25) is 14.4 Å². The molecule has 130 valence electrons. The van der Waals surface area contributed by atoms with Crippen molar-refractivity contribution in [1.29, 1.82) is 0 Å². The van der Waals surface area contributed by atoms with E-state index in [2.05, 4.69) is 5.32 Å². The molecular formula is C17H22N2O5. The third-order valence-electron chi connectivity index (χ3n) is 3.82. The van der Waals surface area contributed by atoms with Crippen LogP contribution >= 0.6 is 0 Å². The number of hydrogen-bond donors (Lipinski definition) is 1. The molecule has 2 rings (SSSR count). The first kappa shape index (κ1) is 17.8. The molecule has 0 aromatic heterocycles. The molecule has 0 saturated carbocycles. The maximum absolute atomic E-state index is 12.1. The van der Waals surface area contributed by atoms with Crippen molar-refractivity contribution in [3.05, 3.63) is 29.8 Å². The summed E-state index contributed by atoms with van der Waals surface area (Å²) in [4.78, 5) is 37.5. The predicted molar refractivity (Wildman–Crippen MR) is 86.7 cm³/mol. The van der Waals surface area contributed by atoms with Gasteiger partial charge in [-0.2, -0.15) is 0 Å². The van der Waals surface area contributed by atoms with E-state index in [0.29, 0.717) is 24.4 Å². The number of amides is 2. The Labute approximate surface area is 140 Å². The third kappa shape index (κ3) is 4.71. The van der Waals surface area contributed by atoms with Gasteiger partial charge in [-0.25, -0.2) is 0 Å². The maximum Gasteiger partial charge on any atom is 0.326 e. The molecule has 1 N–H and O–H groups in total. The zero-order valence-electron chi connectivity index (χ0n) is 13.9. The van der Waals surface area contributed by atoms with E-state index in [1.54, 1.807) is 36.1 Å². The van der Waals surface area contributed by atoms with Crippen LogP contribution < -0.4 is 10.1 Å². The predicted octanol–water partition coefficient (Wildman–Crippen LogP) is 0.979. The van der Waals surface area contributed by atoms with Crippen molar-refractivity contribution >= 4 is 17.8 Å². The molecule has 1 aliphatic rings. The lowest BCUT2D eigenvalue weighted by Gasteiger charge is -2.20. The van der Waals surface area contributed by atoms with Crippen molar-refractivity contribution in [3.63, 3.8) is 0 Å². The second kappa shape index (κ2) is 8.33. The number of ether oxygens (including phenoxy) is 2. The monoisotopic (exact) mass is 334 g/mol. The van der Waals surface area contributed by atoms with Crippen molar-refractivity contribution in [2.75, 3.05) is 26.7 Å². The SMILES string of the molecule is COc1ccc(C(=O)NCC(=O)O[C@@H](C)C(=O)N2CCCC2)cc1. The molecule has 1 atom stereocenters. The van der Waals surface area contributed by atoms with Crippen LogP contribution in [-0.4, -0.2) is 55.5 Å². The van der Waals surface area contributed by atoms with Gasteiger partial charge < -0.3 is 19.7 Å². The number of benzene rings is 1. The summed E-state index contributed by atoms with van der Waals surface area (Å²) in [7, 11) is 1.54. The number of methoxy groups -OCH3 is 1. The summed E-state index contributed by atoms with van der Waals surface area (Å²) in [5, 5.41) is 2.47. The lowest BCUT2D eigenvalue weighted by molar-refractivity contribution is -0.157. The van der Waals surface area contributed by atoms with E-state index in [9.17, 15) is 14.4 Å². The zero-order valence-corrected chi connectivity index (χ0v) is 13.9. The fourth-order valence-electron chi connectivity index (χ4n) is 2.48. The van der Waals surface area contributed by atoms with Gasteiger partial charge in [0.1, 0.15) is 12.3 Å². The summed E-state index contributed by atoms with van der Waals surface area (Å²) in [6.45, 7) is 2.66. The number of hydrogen-bond acceptors (Lipinski definition) is 5. The number of carbonyl (C=O) groups is 3. The Kier molecular flexibility index (Phi) is 6.17. The van der Waals surface area contributed by atoms with Gasteiger partial charge in [0.15, 0.2) is 6.10 Å². The molecular weight excluding hydrogens is 312 g/mol. The molecule has 2 amide bonds. The van der Waals surface area contributed by atoms with Crippen LogP contribution in [0.4, 0.5) is 0 Å². The Morgan fingerprint density at radius 2 is 1.79 bits per heavy atom. The molecule has 1 aliphatic heterocycles. The number of carbonyl (C=O) groups excluding carboxylic acids is 3. The van der Waals surface area contributed by atoms with Gasteiger partial charge in [0.25, 0.3) is 11.8 Å². The second-order valence-corrected chi connectivity index (χ2v) is 5.58. The van der Waals surface area contributed by atoms with Crippen LogP contribution in [0.1, 0.15) is 30.1 Å². The van der Waals surface area contributed by atoms with Gasteiger partial charge in [0.05, 0.1) is 7.11 Å². The molecule has 24 heavy (non-hydrogen) atoms. The molecule has 0 spiro atoms. The zero-order chi connectivity index (χ0) is 17.5. The summed E-state index contributed by atoms with van der Waals surface area (Å²) in [6.07, 6.45) is 1.11. The fraction of sp³-hybridized carbons (Fsp3) is 0.471. The second-order valence-electron chi connectivity index (χ2n) is 5.58. The summed E-state index contributed by atoms with van der Waals surface area (Å²) in [6, 6.07) is 6.51. The highest BCUT2D eigenvalue weighted by atomic mass is 16.5. The van der Waals surface area contributed by atoms with Gasteiger partial charge in [-0.05, 0) is 44.0 Å². The van der Waals surface area contributed by atoms with Crippen molar-refractivity contribution in [2.24, 2.45) is 0 Å². The van der Waals surface area contributed by atoms with Crippen LogP contribution in [0.2, 0.25) is 0 Å². The minimum atomic E-state index is -0.839. The Morgan fingerprint density at radius 1 is 1.17 bits per heavy atom. The number of nitrogens with zero attached hydrogens (tertiary/aromatic N) is 1. The van der Waals surface area contributed by atoms with Gasteiger partial charge in [-0.1, -0.05) is 0 Å². The van der Waals surface area contributed by atoms with Crippen LogP contribution in [0, 0.1) is 0 Å². The molecule has 0 unspecified atom stereocenters. The molecule has 7 nitrogen and oxygen atoms in total. The molecule has 1 fully saturated rings. The molecule has 7 heteroatoms. The highest BCUT2D eigenvalue weighted by Gasteiger charge is 2.25. The number of likely N-dealkylation sites (tertiary alicyclic amines) is 1. The van der Waals surface area contributed by atoms with Crippen LogP contribution in [0.3, 0.4) is 0 Å². The summed E-state index contributed by atoms with van der Waals surface area (Å²) < 4.78 is 10.1. The van der Waals surface area contributed by atoms with E-state index < -0.39 is 18.0 Å². The minimum absolute atomic E-state index is 0.192. The average molecular weight is 334 g/mol. The standard InChI is InChI=1S/C17H22N2O5/c1-12(17(22)19-9-3-4-10-19)24-15(20)11-18-16(21)13-5-7-14(23-2)8-6-13/h5-8,12H,3-4,9-11H2,1-2H3,(H,18,21)/t12-/m0/s1. The van der Waals surface area contributed by atoms with E-state index in [1.165, 1.54) is 7.11 Å². The van der Waals surface area contributed by atoms with E-state index in [-0.39, 0.29) is 12.5 Å². The Balaban J connectivity index is 1.77. The summed E-state index contributed by atoms with van der Waals surface area (Å²) >= 11 is 0. The number of nitrogens with one attached hydrogen (secondary N) is 1. The minimum Gasteiger partial charge on any atom is -0.497 e. The Hall–Kier alpha value is -2.57. The molecule has 0 bridgehead atoms. The third-order valence-corrected chi connectivity index (χ3v) is 3.82. The quantitative estimate of drug-likeness (QED) is 0.784. The van der Waals surface area contributed by atoms with Crippen LogP contribution in [0.5, 0.6) is 5.75 Å². The van der Waals surface area contributed by atoms with E-state index in [4.69, 9.17) is 9.47 Å². The van der Waals surface area contributed by atoms with E-state index >= 15 is 0 Å². The van der Waals surface area contributed by atoms with Gasteiger partial charge in [0, 0.05) is 18.7 Å². The molecule has 1 aromatic carbocycles. The Bertz CT molecular complexity index is 594. The van der Waals surface area contributed by atoms with E-state index in [0.717, 1.165) is 12.8 Å². The molecule has 1 heterocycles. The first-order valence-corrected chi connectivity index (χ1v) is 7.92. The van der Waals surface area contributed by atoms with E-state index in [1.807, 2.05) is 0 Å². The van der Waals surface area contributed by atoms with Gasteiger partial charge in [0.2, 0.25) is 0 Å². The molecule has 0 radical (unpaired) electrons. The molecule has 0 aliphatic carbocycles. The van der Waals surface area contributed by atoms with Gasteiger partial charge >= 0.3 is 5.97 Å². The molecule has 1 saturated heterocycles. The van der Waals surface area contributed by atoms with Gasteiger partial charge in [-0.15, -0.1) is 0 Å². The lowest BCUT2D eigenvalue weighted by Crippen LogP contribution is -2.40. The number of rotatable bonds is 6. The van der Waals surface area contributed by atoms with Crippen molar-refractivity contribution in [1.82, 2.24) is 10.2 Å². The summed E-state index contributed by atoms with van der Waals surface area (Å²) in [5.41, 5.74) is 0.407. The normalized spacial score (nSPS) is 14.8. The van der Waals surface area contributed by atoms with Crippen LogP contribution in [0.25, 0.3) is 0 Å².